The molecule has 2 amide bonds. The molecule has 3 atom stereocenters. The van der Waals surface area contributed by atoms with Crippen LogP contribution in [0.5, 0.6) is 5.75 Å². The highest BCUT2D eigenvalue weighted by molar-refractivity contribution is 7.14. The van der Waals surface area contributed by atoms with Crippen molar-refractivity contribution < 1.29 is 37.3 Å². The summed E-state index contributed by atoms with van der Waals surface area (Å²) in [7, 11) is 0. The van der Waals surface area contributed by atoms with Gasteiger partial charge in [-0.3, -0.25) is 4.79 Å². The minimum absolute atomic E-state index is 0.00188. The largest absolute Gasteiger partial charge is 0.493 e. The molecular weight excluding hydrogens is 563 g/mol. The summed E-state index contributed by atoms with van der Waals surface area (Å²) in [6.45, 7) is 5.52. The highest BCUT2D eigenvalue weighted by Gasteiger charge is 2.42. The predicted molar refractivity (Wildman–Crippen MR) is 142 cm³/mol. The highest BCUT2D eigenvalue weighted by atomic mass is 32.1. The number of nitrogens with zero attached hydrogens (tertiary/aromatic N) is 4. The predicted octanol–water partition coefficient (Wildman–Crippen LogP) is 4.67. The first kappa shape index (κ1) is 28.7. The third kappa shape index (κ3) is 6.59. The number of thiazole rings is 1. The van der Waals surface area contributed by atoms with E-state index < -0.39 is 30.0 Å². The number of carbonyl (C=O) groups excluding carboxylic acids is 1. The summed E-state index contributed by atoms with van der Waals surface area (Å²) in [4.78, 5) is 38.4. The molecule has 2 saturated heterocycles. The number of benzene rings is 1. The molecule has 2 bridgehead atoms. The molecule has 0 aliphatic carbocycles. The van der Waals surface area contributed by atoms with E-state index in [1.54, 1.807) is 31.3 Å². The zero-order valence-electron chi connectivity index (χ0n) is 22.2. The molecule has 2 fully saturated rings. The summed E-state index contributed by atoms with van der Waals surface area (Å²) in [6, 6.07) is 4.43. The molecule has 5 rings (SSSR count). The van der Waals surface area contributed by atoms with Crippen molar-refractivity contribution in [3.05, 3.63) is 58.6 Å². The Morgan fingerprint density at radius 2 is 1.83 bits per heavy atom. The maximum atomic E-state index is 13.3. The summed E-state index contributed by atoms with van der Waals surface area (Å²) < 4.78 is 50.4. The van der Waals surface area contributed by atoms with Gasteiger partial charge >= 0.3 is 12.3 Å². The van der Waals surface area contributed by atoms with Gasteiger partial charge in [-0.05, 0) is 32.0 Å². The van der Waals surface area contributed by atoms with E-state index in [2.05, 4.69) is 20.3 Å². The fourth-order valence-corrected chi connectivity index (χ4v) is 5.89. The number of carbonyl (C=O) groups is 2. The summed E-state index contributed by atoms with van der Waals surface area (Å²) in [5, 5.41) is 12.9. The molecule has 2 aliphatic heterocycles. The van der Waals surface area contributed by atoms with E-state index in [0.29, 0.717) is 54.8 Å². The van der Waals surface area contributed by atoms with Gasteiger partial charge in [0.15, 0.2) is 0 Å². The molecule has 14 heteroatoms. The van der Waals surface area contributed by atoms with Crippen LogP contribution in [0.3, 0.4) is 0 Å². The van der Waals surface area contributed by atoms with Gasteiger partial charge in [-0.1, -0.05) is 0 Å². The van der Waals surface area contributed by atoms with Crippen LogP contribution < -0.4 is 10.1 Å². The Hall–Kier alpha value is -3.78. The van der Waals surface area contributed by atoms with Crippen molar-refractivity contribution in [2.45, 2.75) is 26.1 Å². The van der Waals surface area contributed by atoms with Crippen molar-refractivity contribution in [3.8, 4) is 16.3 Å². The number of aryl methyl sites for hydroxylation is 1. The van der Waals surface area contributed by atoms with Crippen LogP contribution in [0.15, 0.2) is 36.8 Å². The third-order valence-corrected chi connectivity index (χ3v) is 8.27. The van der Waals surface area contributed by atoms with Crippen molar-refractivity contribution in [1.29, 1.82) is 0 Å². The number of amides is 2. The second-order valence-corrected chi connectivity index (χ2v) is 11.5. The van der Waals surface area contributed by atoms with Crippen molar-refractivity contribution in [2.75, 3.05) is 32.9 Å². The molecule has 0 saturated carbocycles. The number of hydrogen-bond acceptors (Lipinski definition) is 8. The number of rotatable bonds is 7. The topological polar surface area (TPSA) is 127 Å². The van der Waals surface area contributed by atoms with Crippen LogP contribution in [0.2, 0.25) is 0 Å². The molecule has 3 aromatic rings. The molecule has 41 heavy (non-hydrogen) atoms. The molecule has 0 radical (unpaired) electrons. The Balaban J connectivity index is 1.34. The summed E-state index contributed by atoms with van der Waals surface area (Å²) in [6.07, 6.45) is -1.78. The molecule has 2 unspecified atom stereocenters. The fraction of sp³-hybridized carbons (Fsp3) is 0.444. The SMILES string of the molecule is Cc1cnc(-c2cc(OCC3C4COCC3CN(C(=O)O)C4)cc(C(=O)N[C@H](C)c3cnc(C(F)(F)F)nc3)c2)s1. The normalized spacial score (nSPS) is 21.3. The average Bonchev–Trinajstić information content (AvgIpc) is 3.37. The third-order valence-electron chi connectivity index (χ3n) is 7.31. The molecule has 4 heterocycles. The lowest BCUT2D eigenvalue weighted by Crippen LogP contribution is -2.55. The number of aromatic nitrogens is 3. The summed E-state index contributed by atoms with van der Waals surface area (Å²) in [5.41, 5.74) is 1.28. The number of hydrogen-bond donors (Lipinski definition) is 2. The second kappa shape index (κ2) is 11.6. The quantitative estimate of drug-likeness (QED) is 0.406. The lowest BCUT2D eigenvalue weighted by atomic mass is 9.77. The van der Waals surface area contributed by atoms with E-state index in [9.17, 15) is 27.9 Å². The van der Waals surface area contributed by atoms with Crippen LogP contribution >= 0.6 is 11.3 Å². The Labute approximate surface area is 237 Å². The number of fused-ring (bicyclic) bond motifs is 2. The van der Waals surface area contributed by atoms with Gasteiger partial charge in [0.2, 0.25) is 5.82 Å². The molecule has 2 N–H and O–H groups in total. The van der Waals surface area contributed by atoms with Crippen molar-refractivity contribution in [2.24, 2.45) is 17.8 Å². The molecule has 218 valence electrons. The lowest BCUT2D eigenvalue weighted by Gasteiger charge is -2.45. The van der Waals surface area contributed by atoms with E-state index in [-0.39, 0.29) is 23.3 Å². The van der Waals surface area contributed by atoms with Crippen molar-refractivity contribution in [3.63, 3.8) is 0 Å². The van der Waals surface area contributed by atoms with Gasteiger partial charge < -0.3 is 24.8 Å². The van der Waals surface area contributed by atoms with Gasteiger partial charge in [-0.2, -0.15) is 13.2 Å². The number of carboxylic acid groups (broad SMARTS) is 1. The smallest absolute Gasteiger partial charge is 0.451 e. The molecule has 1 aromatic carbocycles. The van der Waals surface area contributed by atoms with Crippen LogP contribution in [-0.2, 0) is 10.9 Å². The Morgan fingerprint density at radius 1 is 1.15 bits per heavy atom. The standard InChI is InChI=1S/C27H28F3N5O5S/c1-14-6-31-24(41-14)17-3-16(23(36)34-15(2)18-7-32-25(33-8-18)27(28,29)30)4-21(5-17)40-13-22-19-9-35(26(37)38)10-20(22)12-39-11-19/h3-8,15,19-20,22H,9-13H2,1-2H3,(H,34,36)(H,37,38)/t15-,19?,20?,22?/m1/s1. The van der Waals surface area contributed by atoms with Gasteiger partial charge in [0.05, 0.1) is 25.9 Å². The number of nitrogens with one attached hydrogen (secondary N) is 1. The number of alkyl halides is 3. The average molecular weight is 592 g/mol. The van der Waals surface area contributed by atoms with Gasteiger partial charge in [0, 0.05) is 71.0 Å². The van der Waals surface area contributed by atoms with Crippen LogP contribution in [0.4, 0.5) is 18.0 Å². The fourth-order valence-electron chi connectivity index (χ4n) is 5.14. The van der Waals surface area contributed by atoms with Gasteiger partial charge in [-0.15, -0.1) is 11.3 Å². The van der Waals surface area contributed by atoms with E-state index in [0.717, 1.165) is 17.3 Å². The lowest BCUT2D eigenvalue weighted by molar-refractivity contribution is -0.145. The number of likely N-dealkylation sites (tertiary alicyclic amines) is 1. The van der Waals surface area contributed by atoms with Crippen molar-refractivity contribution in [1.82, 2.24) is 25.2 Å². The second-order valence-electron chi connectivity index (χ2n) is 10.3. The first-order chi connectivity index (χ1) is 19.5. The zero-order valence-corrected chi connectivity index (χ0v) is 23.0. The maximum absolute atomic E-state index is 13.3. The molecule has 10 nitrogen and oxygen atoms in total. The van der Waals surface area contributed by atoms with Gasteiger partial charge in [-0.25, -0.2) is 19.7 Å². The first-order valence-corrected chi connectivity index (χ1v) is 13.8. The van der Waals surface area contributed by atoms with E-state index >= 15 is 0 Å². The zero-order chi connectivity index (χ0) is 29.3. The van der Waals surface area contributed by atoms with Gasteiger partial charge in [0.25, 0.3) is 5.91 Å². The van der Waals surface area contributed by atoms with Crippen molar-refractivity contribution >= 4 is 23.3 Å². The van der Waals surface area contributed by atoms with Crippen LogP contribution in [0, 0.1) is 24.7 Å². The monoisotopic (exact) mass is 591 g/mol. The molecule has 2 aromatic heterocycles. The number of ether oxygens (including phenoxy) is 2. The Kier molecular flexibility index (Phi) is 8.13. The van der Waals surface area contributed by atoms with E-state index in [1.807, 2.05) is 6.92 Å². The van der Waals surface area contributed by atoms with Crippen LogP contribution in [-0.4, -0.2) is 69.9 Å². The molecule has 0 spiro atoms. The van der Waals surface area contributed by atoms with E-state index in [1.165, 1.54) is 16.2 Å². The summed E-state index contributed by atoms with van der Waals surface area (Å²) >= 11 is 1.46. The van der Waals surface area contributed by atoms with Crippen LogP contribution in [0.25, 0.3) is 10.6 Å². The molecular formula is C27H28F3N5O5S. The minimum Gasteiger partial charge on any atom is -0.493 e. The minimum atomic E-state index is -4.66. The van der Waals surface area contributed by atoms with E-state index in [4.69, 9.17) is 9.47 Å². The summed E-state index contributed by atoms with van der Waals surface area (Å²) in [5.74, 6) is -1.18. The number of piperidine rings is 1. The first-order valence-electron chi connectivity index (χ1n) is 12.9. The highest BCUT2D eigenvalue weighted by Crippen LogP contribution is 2.35. The number of halogens is 3. The Bertz CT molecular complexity index is 1400. The van der Waals surface area contributed by atoms with Crippen LogP contribution in [0.1, 0.15) is 39.6 Å². The maximum Gasteiger partial charge on any atom is 0.451 e. The Morgan fingerprint density at radius 3 is 2.41 bits per heavy atom. The molecule has 2 aliphatic rings. The van der Waals surface area contributed by atoms with Gasteiger partial charge in [0.1, 0.15) is 10.8 Å².